The van der Waals surface area contributed by atoms with Gasteiger partial charge in [0, 0.05) is 6.42 Å². The average molecular weight is 941 g/mol. The highest BCUT2D eigenvalue weighted by atomic mass is 31.2. The Balaban J connectivity index is 4.94. The number of unbranched alkanes of at least 4 members (excludes halogenated alkanes) is 8. The first kappa shape index (κ1) is 61.9. The monoisotopic (exact) mass is 941 g/mol. The molecule has 66 heavy (non-hydrogen) atoms. The van der Waals surface area contributed by atoms with Gasteiger partial charge in [-0.25, -0.2) is 4.57 Å². The van der Waals surface area contributed by atoms with E-state index in [0.717, 1.165) is 70.6 Å². The second-order valence-electron chi connectivity index (χ2n) is 15.6. The number of allylic oxidation sites excluding steroid dienone is 18. The highest BCUT2D eigenvalue weighted by Crippen LogP contribution is 2.43. The Morgan fingerprint density at radius 1 is 0.439 bits per heavy atom. The topological polar surface area (TPSA) is 155 Å². The Morgan fingerprint density at radius 3 is 1.15 bits per heavy atom. The molecule has 0 aliphatic carbocycles. The quantitative estimate of drug-likeness (QED) is 0.0197. The number of phosphoric ester groups is 1. The predicted octanol–water partition coefficient (Wildman–Crippen LogP) is 13.7. The molecule has 0 saturated heterocycles. The van der Waals surface area contributed by atoms with Gasteiger partial charge in [0.1, 0.15) is 12.7 Å². The van der Waals surface area contributed by atoms with Crippen LogP contribution in [0.5, 0.6) is 0 Å². The Bertz CT molecular complexity index is 1570. The smallest absolute Gasteiger partial charge is 0.462 e. The van der Waals surface area contributed by atoms with Crippen molar-refractivity contribution in [2.45, 2.75) is 174 Å². The fraction of sp³-hybridized carbons (Fsp3) is 0.574. The minimum absolute atomic E-state index is 0.0676. The van der Waals surface area contributed by atoms with Crippen molar-refractivity contribution < 1.29 is 52.2 Å². The number of phosphoric acid groups is 1. The minimum Gasteiger partial charge on any atom is -0.462 e. The molecular formula is C54H85O11P. The molecule has 0 aliphatic rings. The third-order valence-corrected chi connectivity index (χ3v) is 10.4. The summed E-state index contributed by atoms with van der Waals surface area (Å²) in [5.41, 5.74) is 0. The number of carbonyl (C=O) groups excluding carboxylic acids is 3. The van der Waals surface area contributed by atoms with Crippen molar-refractivity contribution in [3.8, 4) is 0 Å². The van der Waals surface area contributed by atoms with Crippen molar-refractivity contribution in [1.82, 2.24) is 0 Å². The summed E-state index contributed by atoms with van der Waals surface area (Å²) in [6.45, 7) is 4.12. The molecule has 0 bridgehead atoms. The van der Waals surface area contributed by atoms with Gasteiger partial charge in [-0.1, -0.05) is 194 Å². The zero-order valence-electron chi connectivity index (χ0n) is 40.6. The van der Waals surface area contributed by atoms with Crippen LogP contribution in [0.1, 0.15) is 162 Å². The van der Waals surface area contributed by atoms with Crippen LogP contribution in [0.15, 0.2) is 122 Å². The summed E-state index contributed by atoms with van der Waals surface area (Å²) in [6, 6.07) is 0. The first-order valence-electron chi connectivity index (χ1n) is 24.4. The lowest BCUT2D eigenvalue weighted by Crippen LogP contribution is -2.30. The van der Waals surface area contributed by atoms with Crippen molar-refractivity contribution >= 4 is 25.7 Å². The maximum absolute atomic E-state index is 12.8. The lowest BCUT2D eigenvalue weighted by atomic mass is 10.1. The Hall–Kier alpha value is -4.12. The number of aliphatic hydroxyl groups is 1. The van der Waals surface area contributed by atoms with E-state index in [1.165, 1.54) is 32.1 Å². The van der Waals surface area contributed by atoms with Crippen LogP contribution >= 0.6 is 7.82 Å². The fourth-order valence-corrected chi connectivity index (χ4v) is 6.58. The summed E-state index contributed by atoms with van der Waals surface area (Å²) in [6.07, 6.45) is 56.7. The number of hydrogen-bond donors (Lipinski definition) is 2. The number of rotatable bonds is 43. The largest absolute Gasteiger partial charge is 0.472 e. The third-order valence-electron chi connectivity index (χ3n) is 9.45. The lowest BCUT2D eigenvalue weighted by Gasteiger charge is -2.21. The predicted molar refractivity (Wildman–Crippen MR) is 270 cm³/mol. The van der Waals surface area contributed by atoms with E-state index in [9.17, 15) is 28.9 Å². The molecule has 0 aromatic heterocycles. The Morgan fingerprint density at radius 2 is 0.773 bits per heavy atom. The molecule has 11 nitrogen and oxygen atoms in total. The van der Waals surface area contributed by atoms with E-state index in [0.29, 0.717) is 19.3 Å². The molecule has 0 radical (unpaired) electrons. The molecule has 0 rings (SSSR count). The van der Waals surface area contributed by atoms with Gasteiger partial charge >= 0.3 is 25.7 Å². The van der Waals surface area contributed by atoms with E-state index in [4.69, 9.17) is 23.3 Å². The SMILES string of the molecule is CC/C=C\C/C=C\C/C=C\C/C=C\C/C=C\CC(=O)OC(CO)COP(=O)(O)OCC(COC(=O)CCCCCCCCCCC)OC(=O)C/C=C\C/C=C\C/C=C\C/C=C\C/C=C\CC. The summed E-state index contributed by atoms with van der Waals surface area (Å²) >= 11 is 0. The summed E-state index contributed by atoms with van der Waals surface area (Å²) in [5.74, 6) is -1.78. The second kappa shape index (κ2) is 47.4. The molecule has 0 amide bonds. The molecule has 0 aromatic rings. The van der Waals surface area contributed by atoms with Crippen LogP contribution in [-0.4, -0.2) is 66.5 Å². The van der Waals surface area contributed by atoms with Gasteiger partial charge < -0.3 is 24.2 Å². The molecular weight excluding hydrogens is 856 g/mol. The second-order valence-corrected chi connectivity index (χ2v) is 17.0. The zero-order chi connectivity index (χ0) is 48.4. The Labute approximate surface area is 398 Å². The van der Waals surface area contributed by atoms with Gasteiger partial charge in [-0.2, -0.15) is 0 Å². The summed E-state index contributed by atoms with van der Waals surface area (Å²) in [5, 5.41) is 9.73. The lowest BCUT2D eigenvalue weighted by molar-refractivity contribution is -0.160. The molecule has 0 spiro atoms. The molecule has 372 valence electrons. The molecule has 0 aliphatic heterocycles. The molecule has 3 unspecified atom stereocenters. The van der Waals surface area contributed by atoms with Crippen LogP contribution in [0.3, 0.4) is 0 Å². The van der Waals surface area contributed by atoms with Crippen molar-refractivity contribution in [3.05, 3.63) is 122 Å². The first-order chi connectivity index (χ1) is 32.2. The Kier molecular flexibility index (Phi) is 44.4. The van der Waals surface area contributed by atoms with Gasteiger partial charge in [-0.05, 0) is 70.6 Å². The molecule has 2 N–H and O–H groups in total. The molecule has 0 aromatic carbocycles. The minimum atomic E-state index is -4.79. The standard InChI is InChI=1S/C54H85O11P/c1-4-7-10-13-16-19-21-23-25-27-29-32-35-38-41-44-53(57)64-50(46-55)48-62-66(59,60)63-49-51(47-61-52(56)43-40-37-34-31-18-15-12-9-6-3)65-54(58)45-42-39-36-33-30-28-26-24-22-20-17-14-11-8-5-2/h7-8,10-11,16-17,19-20,23-26,29-30,32-33,38-39,41-42,50-51,55H,4-6,9,12-15,18,21-22,27-28,31,34-37,40,43-49H2,1-3H3,(H,59,60)/b10-7-,11-8-,19-16-,20-17-,25-23-,26-24-,32-29-,33-30-,41-38-,42-39-. The molecule has 0 heterocycles. The van der Waals surface area contributed by atoms with E-state index in [1.807, 2.05) is 36.5 Å². The van der Waals surface area contributed by atoms with Gasteiger partial charge in [0.25, 0.3) is 0 Å². The number of carbonyl (C=O) groups is 3. The van der Waals surface area contributed by atoms with E-state index in [-0.39, 0.29) is 25.9 Å². The summed E-state index contributed by atoms with van der Waals surface area (Å²) < 4.78 is 39.0. The highest BCUT2D eigenvalue weighted by molar-refractivity contribution is 7.47. The third kappa shape index (κ3) is 45.1. The van der Waals surface area contributed by atoms with Crippen molar-refractivity contribution in [1.29, 1.82) is 0 Å². The maximum atomic E-state index is 12.8. The van der Waals surface area contributed by atoms with E-state index < -0.39 is 57.8 Å². The van der Waals surface area contributed by atoms with Crippen LogP contribution < -0.4 is 0 Å². The highest BCUT2D eigenvalue weighted by Gasteiger charge is 2.28. The zero-order valence-corrected chi connectivity index (χ0v) is 41.5. The van der Waals surface area contributed by atoms with E-state index in [2.05, 4.69) is 93.7 Å². The van der Waals surface area contributed by atoms with Crippen LogP contribution in [0.2, 0.25) is 0 Å². The van der Waals surface area contributed by atoms with E-state index >= 15 is 0 Å². The number of aliphatic hydroxyl groups excluding tert-OH is 1. The molecule has 12 heteroatoms. The molecule has 0 fully saturated rings. The van der Waals surface area contributed by atoms with Crippen molar-refractivity contribution in [2.75, 3.05) is 26.4 Å². The van der Waals surface area contributed by atoms with Gasteiger partial charge in [-0.3, -0.25) is 23.4 Å². The summed E-state index contributed by atoms with van der Waals surface area (Å²) in [4.78, 5) is 48.0. The van der Waals surface area contributed by atoms with Gasteiger partial charge in [-0.15, -0.1) is 0 Å². The van der Waals surface area contributed by atoms with Crippen LogP contribution in [0.4, 0.5) is 0 Å². The maximum Gasteiger partial charge on any atom is 0.472 e. The summed E-state index contributed by atoms with van der Waals surface area (Å²) in [7, 11) is -4.79. The van der Waals surface area contributed by atoms with Crippen molar-refractivity contribution in [2.24, 2.45) is 0 Å². The van der Waals surface area contributed by atoms with Crippen molar-refractivity contribution in [3.63, 3.8) is 0 Å². The number of esters is 3. The van der Waals surface area contributed by atoms with Crippen LogP contribution in [-0.2, 0) is 42.2 Å². The van der Waals surface area contributed by atoms with Gasteiger partial charge in [0.05, 0.1) is 32.7 Å². The molecule has 3 atom stereocenters. The average Bonchev–Trinajstić information content (AvgIpc) is 3.30. The van der Waals surface area contributed by atoms with E-state index in [1.54, 1.807) is 12.2 Å². The molecule has 0 saturated carbocycles. The fourth-order valence-electron chi connectivity index (χ4n) is 5.80. The number of ether oxygens (including phenoxy) is 3. The number of hydrogen-bond acceptors (Lipinski definition) is 10. The first-order valence-corrected chi connectivity index (χ1v) is 25.9. The van der Waals surface area contributed by atoms with Gasteiger partial charge in [0.15, 0.2) is 6.10 Å². The van der Waals surface area contributed by atoms with Gasteiger partial charge in [0.2, 0.25) is 0 Å². The normalized spacial score (nSPS) is 14.6. The van der Waals surface area contributed by atoms with Crippen LogP contribution in [0.25, 0.3) is 0 Å². The van der Waals surface area contributed by atoms with Crippen LogP contribution in [0, 0.1) is 0 Å².